The molecule has 10 heteroatoms. The summed E-state index contributed by atoms with van der Waals surface area (Å²) in [6, 6.07) is 3.97. The van der Waals surface area contributed by atoms with Crippen LogP contribution in [0.1, 0.15) is 18.6 Å². The second-order valence-electron chi connectivity index (χ2n) is 5.85. The van der Waals surface area contributed by atoms with Gasteiger partial charge in [-0.2, -0.15) is 15.0 Å². The Kier molecular flexibility index (Phi) is 4.61. The molecule has 1 aliphatic rings. The fraction of sp³-hybridized carbons (Fsp3) is 0.375. The summed E-state index contributed by atoms with van der Waals surface area (Å²) in [4.78, 5) is 29.0. The first-order chi connectivity index (χ1) is 12.7. The van der Waals surface area contributed by atoms with Gasteiger partial charge < -0.3 is 19.4 Å². The smallest absolute Gasteiger partial charge is 0.296 e. The Morgan fingerprint density at radius 2 is 2.31 bits per heavy atom. The lowest BCUT2D eigenvalue weighted by Gasteiger charge is -2.14. The van der Waals surface area contributed by atoms with E-state index < -0.39 is 0 Å². The summed E-state index contributed by atoms with van der Waals surface area (Å²) in [6.07, 6.45) is 3.12. The predicted octanol–water partition coefficient (Wildman–Crippen LogP) is 2.21. The standard InChI is InChI=1S/C16H17ClN6O3/c17-15-20-13(18-9-10-3-2-7-25-10)12-14(21-15)22-16(19-12)26-8-6-23-5-1-4-11(23)24/h2-3,7H,1,4-6,8-9H2,(H2,18,19,20,21,22). The Morgan fingerprint density at radius 3 is 3.08 bits per heavy atom. The first kappa shape index (κ1) is 16.6. The zero-order valence-corrected chi connectivity index (χ0v) is 14.6. The van der Waals surface area contributed by atoms with E-state index in [-0.39, 0.29) is 11.2 Å². The molecule has 0 spiro atoms. The van der Waals surface area contributed by atoms with E-state index in [1.165, 1.54) is 0 Å². The van der Waals surface area contributed by atoms with Crippen molar-refractivity contribution in [3.63, 3.8) is 0 Å². The highest BCUT2D eigenvalue weighted by Gasteiger charge is 2.20. The fourth-order valence-electron chi connectivity index (χ4n) is 2.82. The predicted molar refractivity (Wildman–Crippen MR) is 94.0 cm³/mol. The highest BCUT2D eigenvalue weighted by atomic mass is 35.5. The minimum absolute atomic E-state index is 0.0947. The van der Waals surface area contributed by atoms with Crippen LogP contribution in [0.4, 0.5) is 5.82 Å². The maximum atomic E-state index is 11.6. The zero-order valence-electron chi connectivity index (χ0n) is 13.9. The van der Waals surface area contributed by atoms with Crippen LogP contribution in [0, 0.1) is 0 Å². The van der Waals surface area contributed by atoms with Crippen LogP contribution < -0.4 is 10.1 Å². The molecule has 2 N–H and O–H groups in total. The van der Waals surface area contributed by atoms with Gasteiger partial charge >= 0.3 is 0 Å². The van der Waals surface area contributed by atoms with Gasteiger partial charge in [-0.05, 0) is 30.2 Å². The van der Waals surface area contributed by atoms with Crippen molar-refractivity contribution in [2.24, 2.45) is 0 Å². The number of amides is 1. The van der Waals surface area contributed by atoms with Gasteiger partial charge in [-0.3, -0.25) is 9.78 Å². The number of carbonyl (C=O) groups excluding carboxylic acids is 1. The summed E-state index contributed by atoms with van der Waals surface area (Å²) in [5, 5.41) is 3.23. The molecule has 1 saturated heterocycles. The number of aromatic amines is 1. The minimum Gasteiger partial charge on any atom is -0.467 e. The van der Waals surface area contributed by atoms with E-state index in [2.05, 4.69) is 25.3 Å². The van der Waals surface area contributed by atoms with Crippen LogP contribution in [0.2, 0.25) is 5.28 Å². The van der Waals surface area contributed by atoms with E-state index >= 15 is 0 Å². The van der Waals surface area contributed by atoms with Gasteiger partial charge in [0.05, 0.1) is 19.4 Å². The van der Waals surface area contributed by atoms with Crippen molar-refractivity contribution in [1.82, 2.24) is 24.8 Å². The third-order valence-corrected chi connectivity index (χ3v) is 4.25. The van der Waals surface area contributed by atoms with Crippen molar-refractivity contribution in [3.05, 3.63) is 29.4 Å². The highest BCUT2D eigenvalue weighted by Crippen LogP contribution is 2.23. The molecule has 1 aliphatic heterocycles. The van der Waals surface area contributed by atoms with E-state index in [1.807, 2.05) is 12.1 Å². The summed E-state index contributed by atoms with van der Waals surface area (Å²) in [7, 11) is 0. The molecule has 0 atom stereocenters. The molecule has 0 radical (unpaired) electrons. The molecule has 4 heterocycles. The van der Waals surface area contributed by atoms with Gasteiger partial charge in [-0.25, -0.2) is 0 Å². The summed E-state index contributed by atoms with van der Waals surface area (Å²) < 4.78 is 10.9. The SMILES string of the molecule is O=C1CCCN1CCOc1nc2c(NCc3ccco3)nc(Cl)nc2[nH]1. The number of H-pyrrole nitrogens is 1. The molecular weight excluding hydrogens is 360 g/mol. The monoisotopic (exact) mass is 376 g/mol. The van der Waals surface area contributed by atoms with Crippen LogP contribution in [0.5, 0.6) is 6.01 Å². The van der Waals surface area contributed by atoms with Crippen LogP contribution in [0.3, 0.4) is 0 Å². The Morgan fingerprint density at radius 1 is 1.38 bits per heavy atom. The maximum absolute atomic E-state index is 11.6. The number of halogens is 1. The Hall–Kier alpha value is -2.81. The summed E-state index contributed by atoms with van der Waals surface area (Å²) in [5.41, 5.74) is 0.993. The Labute approximate surface area is 153 Å². The number of hydrogen-bond acceptors (Lipinski definition) is 7. The van der Waals surface area contributed by atoms with E-state index in [4.69, 9.17) is 20.8 Å². The largest absolute Gasteiger partial charge is 0.467 e. The average molecular weight is 377 g/mol. The molecule has 3 aromatic rings. The average Bonchev–Trinajstić information content (AvgIpc) is 3.34. The highest BCUT2D eigenvalue weighted by molar-refractivity contribution is 6.28. The third-order valence-electron chi connectivity index (χ3n) is 4.08. The molecule has 1 amide bonds. The number of nitrogens with one attached hydrogen (secondary N) is 2. The van der Waals surface area contributed by atoms with E-state index in [1.54, 1.807) is 11.2 Å². The normalized spacial score (nSPS) is 14.3. The van der Waals surface area contributed by atoms with Crippen molar-refractivity contribution in [3.8, 4) is 6.01 Å². The van der Waals surface area contributed by atoms with E-state index in [0.29, 0.717) is 49.1 Å². The molecule has 0 bridgehead atoms. The number of ether oxygens (including phenoxy) is 1. The van der Waals surface area contributed by atoms with Gasteiger partial charge in [-0.1, -0.05) is 0 Å². The lowest BCUT2D eigenvalue weighted by atomic mass is 10.4. The fourth-order valence-corrected chi connectivity index (χ4v) is 2.99. The number of aromatic nitrogens is 4. The molecule has 4 rings (SSSR count). The minimum atomic E-state index is 0.0947. The Bertz CT molecular complexity index is 910. The summed E-state index contributed by atoms with van der Waals surface area (Å²) in [6.45, 7) is 2.10. The van der Waals surface area contributed by atoms with Crippen LogP contribution in [0.15, 0.2) is 22.8 Å². The number of likely N-dealkylation sites (tertiary alicyclic amines) is 1. The van der Waals surface area contributed by atoms with Gasteiger partial charge in [0, 0.05) is 13.0 Å². The number of nitrogens with zero attached hydrogens (tertiary/aromatic N) is 4. The third kappa shape index (κ3) is 3.57. The molecule has 26 heavy (non-hydrogen) atoms. The van der Waals surface area contributed by atoms with Crippen molar-refractivity contribution < 1.29 is 13.9 Å². The molecular formula is C16H17ClN6O3. The quantitative estimate of drug-likeness (QED) is 0.608. The van der Waals surface area contributed by atoms with Gasteiger partial charge in [0.1, 0.15) is 12.4 Å². The molecule has 136 valence electrons. The summed E-state index contributed by atoms with van der Waals surface area (Å²) in [5.74, 6) is 1.41. The van der Waals surface area contributed by atoms with Crippen molar-refractivity contribution in [1.29, 1.82) is 0 Å². The molecule has 0 unspecified atom stereocenters. The topological polar surface area (TPSA) is 109 Å². The molecule has 0 aromatic carbocycles. The molecule has 9 nitrogen and oxygen atoms in total. The number of hydrogen-bond donors (Lipinski definition) is 2. The van der Waals surface area contributed by atoms with Crippen LogP contribution >= 0.6 is 11.6 Å². The van der Waals surface area contributed by atoms with E-state index in [0.717, 1.165) is 18.7 Å². The van der Waals surface area contributed by atoms with Gasteiger partial charge in [0.15, 0.2) is 17.0 Å². The molecule has 3 aromatic heterocycles. The van der Waals surface area contributed by atoms with Gasteiger partial charge in [0.25, 0.3) is 6.01 Å². The maximum Gasteiger partial charge on any atom is 0.296 e. The van der Waals surface area contributed by atoms with Crippen LogP contribution in [0.25, 0.3) is 11.2 Å². The number of furan rings is 1. The zero-order chi connectivity index (χ0) is 17.9. The van der Waals surface area contributed by atoms with Crippen molar-refractivity contribution in [2.75, 3.05) is 25.0 Å². The first-order valence-electron chi connectivity index (χ1n) is 8.29. The number of fused-ring (bicyclic) bond motifs is 1. The molecule has 0 saturated carbocycles. The van der Waals surface area contributed by atoms with Crippen molar-refractivity contribution in [2.45, 2.75) is 19.4 Å². The number of imidazole rings is 1. The lowest BCUT2D eigenvalue weighted by Crippen LogP contribution is -2.29. The van der Waals surface area contributed by atoms with Gasteiger partial charge in [-0.15, -0.1) is 0 Å². The second kappa shape index (κ2) is 7.20. The lowest BCUT2D eigenvalue weighted by molar-refractivity contribution is -0.128. The molecule has 0 aliphatic carbocycles. The van der Waals surface area contributed by atoms with Crippen molar-refractivity contribution >= 4 is 34.5 Å². The number of rotatable bonds is 7. The second-order valence-corrected chi connectivity index (χ2v) is 6.18. The number of carbonyl (C=O) groups is 1. The summed E-state index contributed by atoms with van der Waals surface area (Å²) >= 11 is 5.98. The van der Waals surface area contributed by atoms with E-state index in [9.17, 15) is 4.79 Å². The van der Waals surface area contributed by atoms with Crippen LogP contribution in [-0.4, -0.2) is 50.4 Å². The number of anilines is 1. The molecule has 1 fully saturated rings. The Balaban J connectivity index is 1.45. The first-order valence-corrected chi connectivity index (χ1v) is 8.67. The van der Waals surface area contributed by atoms with Crippen LogP contribution in [-0.2, 0) is 11.3 Å². The van der Waals surface area contributed by atoms with Gasteiger partial charge in [0.2, 0.25) is 11.2 Å².